The van der Waals surface area contributed by atoms with Gasteiger partial charge in [-0.3, -0.25) is 4.98 Å². The lowest BCUT2D eigenvalue weighted by Crippen LogP contribution is -2.43. The van der Waals surface area contributed by atoms with Gasteiger partial charge in [-0.1, -0.05) is 67.8 Å². The molecule has 0 saturated carbocycles. The average Bonchev–Trinajstić information content (AvgIpc) is 3.27. The van der Waals surface area contributed by atoms with Crippen molar-refractivity contribution in [2.24, 2.45) is 0 Å². The highest BCUT2D eigenvalue weighted by molar-refractivity contribution is 7.90. The molecule has 2 aromatic heterocycles. The standard InChI is InChI=1S/C29H34FN3O2SSi/c1-8-19-17-26(37(5,6)7)27(30)24(31-19)18-23(33-36(34)29(2,3)4)20-13-9-10-14-21(20)28-22-15-11-12-16-25(22)35-32-28/h8-17,23,33H,1,18H2,2-7H3. The lowest BCUT2D eigenvalue weighted by molar-refractivity contribution is 0.459. The van der Waals surface area contributed by atoms with Gasteiger partial charge in [-0.15, -0.1) is 4.72 Å². The molecule has 0 spiro atoms. The predicted octanol–water partition coefficient (Wildman–Crippen LogP) is 6.55. The third-order valence-corrected chi connectivity index (χ3v) is 9.83. The normalized spacial score (nSPS) is 14.1. The molecule has 4 rings (SSSR count). The average molecular weight is 536 g/mol. The topological polar surface area (TPSA) is 74.0 Å². The molecular formula is C29H34FN3O2SSi. The molecule has 0 aliphatic rings. The monoisotopic (exact) mass is 535 g/mol. The molecule has 8 heteroatoms. The first-order valence-corrected chi connectivity index (χ1v) is 17.0. The Morgan fingerprint density at radius 3 is 2.49 bits per heavy atom. The van der Waals surface area contributed by atoms with Crippen LogP contribution in [0.5, 0.6) is 0 Å². The lowest BCUT2D eigenvalue weighted by Gasteiger charge is -2.29. The second-order valence-electron chi connectivity index (χ2n) is 11.2. The van der Waals surface area contributed by atoms with Crippen molar-refractivity contribution >= 4 is 41.7 Å². The van der Waals surface area contributed by atoms with E-state index in [2.05, 4.69) is 41.1 Å². The summed E-state index contributed by atoms with van der Waals surface area (Å²) < 4.78 is 37.6. The summed E-state index contributed by atoms with van der Waals surface area (Å²) in [4.78, 5) is 4.60. The number of nitrogens with zero attached hydrogens (tertiary/aromatic N) is 2. The zero-order valence-electron chi connectivity index (χ0n) is 22.3. The van der Waals surface area contributed by atoms with E-state index >= 15 is 4.39 Å². The highest BCUT2D eigenvalue weighted by Gasteiger charge is 2.33. The van der Waals surface area contributed by atoms with Gasteiger partial charge in [-0.2, -0.15) is 0 Å². The Labute approximate surface area is 222 Å². The maximum Gasteiger partial charge on any atom is 0.167 e. The van der Waals surface area contributed by atoms with Crippen LogP contribution in [0.25, 0.3) is 28.3 Å². The molecule has 5 nitrogen and oxygen atoms in total. The molecule has 0 saturated heterocycles. The minimum absolute atomic E-state index is 0.208. The molecule has 0 aliphatic heterocycles. The third-order valence-electron chi connectivity index (χ3n) is 6.24. The van der Waals surface area contributed by atoms with Gasteiger partial charge in [0.25, 0.3) is 0 Å². The van der Waals surface area contributed by atoms with Gasteiger partial charge in [0, 0.05) is 28.7 Å². The molecule has 37 heavy (non-hydrogen) atoms. The number of hydrogen-bond acceptors (Lipinski definition) is 5. The number of rotatable bonds is 8. The predicted molar refractivity (Wildman–Crippen MR) is 154 cm³/mol. The molecule has 0 bridgehead atoms. The first kappa shape index (κ1) is 27.3. The summed E-state index contributed by atoms with van der Waals surface area (Å²) in [6, 6.07) is 16.8. The summed E-state index contributed by atoms with van der Waals surface area (Å²) in [6.45, 7) is 15.9. The Balaban J connectivity index is 1.87. The van der Waals surface area contributed by atoms with E-state index in [4.69, 9.17) is 4.52 Å². The maximum atomic E-state index is 15.9. The SMILES string of the molecule is C=Cc1cc([Si](C)(C)C)c(F)c(CC(N[S+]([O-])C(C)(C)C)c2ccccc2-c2noc3ccccc23)n1. The van der Waals surface area contributed by atoms with Crippen LogP contribution in [0.1, 0.15) is 43.8 Å². The second-order valence-corrected chi connectivity index (χ2v) is 18.2. The quantitative estimate of drug-likeness (QED) is 0.204. The number of hydrogen-bond donors (Lipinski definition) is 1. The molecule has 2 heterocycles. The van der Waals surface area contributed by atoms with Crippen LogP contribution in [0, 0.1) is 5.82 Å². The first-order chi connectivity index (χ1) is 17.4. The van der Waals surface area contributed by atoms with E-state index in [9.17, 15) is 4.55 Å². The van der Waals surface area contributed by atoms with E-state index in [-0.39, 0.29) is 12.2 Å². The molecule has 4 aromatic rings. The van der Waals surface area contributed by atoms with E-state index in [1.807, 2.05) is 75.4 Å². The van der Waals surface area contributed by atoms with E-state index in [0.29, 0.717) is 27.9 Å². The first-order valence-electron chi connectivity index (χ1n) is 12.3. The molecular weight excluding hydrogens is 501 g/mol. The van der Waals surface area contributed by atoms with Gasteiger partial charge >= 0.3 is 0 Å². The van der Waals surface area contributed by atoms with Crippen LogP contribution in [0.4, 0.5) is 4.39 Å². The number of nitrogens with one attached hydrogen (secondary N) is 1. The van der Waals surface area contributed by atoms with Crippen LogP contribution >= 0.6 is 0 Å². The molecule has 0 amide bonds. The van der Waals surface area contributed by atoms with Crippen LogP contribution in [0.3, 0.4) is 0 Å². The van der Waals surface area contributed by atoms with Crippen molar-refractivity contribution in [3.8, 4) is 11.3 Å². The number of halogens is 1. The van der Waals surface area contributed by atoms with Crippen molar-refractivity contribution < 1.29 is 13.5 Å². The minimum atomic E-state index is -2.00. The van der Waals surface area contributed by atoms with Gasteiger partial charge in [0.05, 0.1) is 25.5 Å². The lowest BCUT2D eigenvalue weighted by atomic mass is 9.94. The highest BCUT2D eigenvalue weighted by atomic mass is 32.2. The van der Waals surface area contributed by atoms with Crippen LogP contribution in [0.15, 0.2) is 65.7 Å². The smallest absolute Gasteiger partial charge is 0.167 e. The Bertz CT molecular complexity index is 1420. The summed E-state index contributed by atoms with van der Waals surface area (Å²) in [7, 11) is -2.00. The largest absolute Gasteiger partial charge is 0.598 e. The zero-order chi connectivity index (χ0) is 27.0. The summed E-state index contributed by atoms with van der Waals surface area (Å²) in [6.07, 6.45) is 1.86. The van der Waals surface area contributed by atoms with Crippen LogP contribution in [-0.4, -0.2) is 27.5 Å². The molecule has 0 aliphatic carbocycles. The number of para-hydroxylation sites is 1. The number of fused-ring (bicyclic) bond motifs is 1. The van der Waals surface area contributed by atoms with Crippen LogP contribution in [-0.2, 0) is 17.8 Å². The summed E-state index contributed by atoms with van der Waals surface area (Å²) in [5, 5.41) is 5.95. The fourth-order valence-electron chi connectivity index (χ4n) is 4.20. The Morgan fingerprint density at radius 2 is 1.81 bits per heavy atom. The summed E-state index contributed by atoms with van der Waals surface area (Å²) in [5.41, 5.74) is 4.02. The van der Waals surface area contributed by atoms with Gasteiger partial charge in [-0.05, 0) is 55.8 Å². The Hall–Kier alpha value is -2.78. The molecule has 2 aromatic carbocycles. The third kappa shape index (κ3) is 5.88. The molecule has 0 radical (unpaired) electrons. The second kappa shape index (κ2) is 10.5. The Kier molecular flexibility index (Phi) is 7.76. The molecule has 194 valence electrons. The van der Waals surface area contributed by atoms with E-state index in [1.54, 1.807) is 6.08 Å². The van der Waals surface area contributed by atoms with E-state index < -0.39 is 30.2 Å². The van der Waals surface area contributed by atoms with Crippen molar-refractivity contribution in [3.05, 3.63) is 83.9 Å². The molecule has 2 unspecified atom stereocenters. The van der Waals surface area contributed by atoms with Crippen molar-refractivity contribution in [2.45, 2.75) is 57.6 Å². The van der Waals surface area contributed by atoms with Gasteiger partial charge in [0.2, 0.25) is 0 Å². The highest BCUT2D eigenvalue weighted by Crippen LogP contribution is 2.35. The number of pyridine rings is 1. The fraction of sp³-hybridized carbons (Fsp3) is 0.310. The van der Waals surface area contributed by atoms with Crippen LogP contribution in [0.2, 0.25) is 19.6 Å². The van der Waals surface area contributed by atoms with E-state index in [0.717, 1.165) is 16.5 Å². The van der Waals surface area contributed by atoms with E-state index in [1.165, 1.54) is 0 Å². The van der Waals surface area contributed by atoms with Crippen molar-refractivity contribution in [2.75, 3.05) is 0 Å². The molecule has 2 atom stereocenters. The summed E-state index contributed by atoms with van der Waals surface area (Å²) >= 11 is -1.42. The maximum absolute atomic E-state index is 15.9. The van der Waals surface area contributed by atoms with Crippen molar-refractivity contribution in [1.29, 1.82) is 0 Å². The van der Waals surface area contributed by atoms with Crippen molar-refractivity contribution in [1.82, 2.24) is 14.9 Å². The fourth-order valence-corrected chi connectivity index (χ4v) is 6.41. The summed E-state index contributed by atoms with van der Waals surface area (Å²) in [5.74, 6) is -0.289. The van der Waals surface area contributed by atoms with Gasteiger partial charge in [-0.25, -0.2) is 4.39 Å². The van der Waals surface area contributed by atoms with Gasteiger partial charge in [0.15, 0.2) is 5.58 Å². The zero-order valence-corrected chi connectivity index (χ0v) is 24.1. The molecule has 1 N–H and O–H groups in total. The number of benzene rings is 2. The Morgan fingerprint density at radius 1 is 1.14 bits per heavy atom. The van der Waals surface area contributed by atoms with Gasteiger partial charge < -0.3 is 9.08 Å². The molecule has 0 fully saturated rings. The number of aromatic nitrogens is 2. The van der Waals surface area contributed by atoms with Crippen LogP contribution < -0.4 is 9.91 Å². The minimum Gasteiger partial charge on any atom is -0.598 e. The van der Waals surface area contributed by atoms with Crippen molar-refractivity contribution in [3.63, 3.8) is 0 Å². The van der Waals surface area contributed by atoms with Gasteiger partial charge in [0.1, 0.15) is 16.3 Å².